The van der Waals surface area contributed by atoms with Gasteiger partial charge in [0.25, 0.3) is 5.91 Å². The number of fused-ring (bicyclic) bond motifs is 1. The SMILES string of the molecule is Cc1oc2ccc(OCc3nccn3C)cc2c1C(=O)NC1COC[C@H]1O. The molecule has 2 atom stereocenters. The van der Waals surface area contributed by atoms with Gasteiger partial charge >= 0.3 is 0 Å². The zero-order valence-corrected chi connectivity index (χ0v) is 15.1. The monoisotopic (exact) mass is 371 g/mol. The summed E-state index contributed by atoms with van der Waals surface area (Å²) in [6.45, 7) is 2.57. The van der Waals surface area contributed by atoms with Gasteiger partial charge in [-0.1, -0.05) is 0 Å². The number of furan rings is 1. The molecule has 1 aromatic carbocycles. The van der Waals surface area contributed by atoms with E-state index in [1.807, 2.05) is 17.8 Å². The summed E-state index contributed by atoms with van der Waals surface area (Å²) in [5.41, 5.74) is 1.04. The summed E-state index contributed by atoms with van der Waals surface area (Å²) < 4.78 is 18.6. The number of rotatable bonds is 5. The van der Waals surface area contributed by atoms with Gasteiger partial charge in [-0.25, -0.2) is 4.98 Å². The molecule has 142 valence electrons. The second-order valence-corrected chi connectivity index (χ2v) is 6.62. The topological polar surface area (TPSA) is 98.8 Å². The Labute approximate surface area is 155 Å². The second kappa shape index (κ2) is 7.05. The Kier molecular flexibility index (Phi) is 4.59. The van der Waals surface area contributed by atoms with Crippen LogP contribution < -0.4 is 10.1 Å². The molecule has 8 nitrogen and oxygen atoms in total. The van der Waals surface area contributed by atoms with Gasteiger partial charge in [0.2, 0.25) is 0 Å². The summed E-state index contributed by atoms with van der Waals surface area (Å²) in [4.78, 5) is 17.0. The Morgan fingerprint density at radius 2 is 2.30 bits per heavy atom. The van der Waals surface area contributed by atoms with Crippen LogP contribution in [0.3, 0.4) is 0 Å². The number of aliphatic hydroxyl groups excluding tert-OH is 1. The minimum Gasteiger partial charge on any atom is -0.486 e. The van der Waals surface area contributed by atoms with E-state index < -0.39 is 12.1 Å². The third-order valence-electron chi connectivity index (χ3n) is 4.72. The van der Waals surface area contributed by atoms with Gasteiger partial charge in [0, 0.05) is 24.8 Å². The number of aryl methyl sites for hydroxylation is 2. The van der Waals surface area contributed by atoms with Gasteiger partial charge in [-0.3, -0.25) is 4.79 Å². The van der Waals surface area contributed by atoms with Crippen molar-refractivity contribution in [2.75, 3.05) is 13.2 Å². The fourth-order valence-electron chi connectivity index (χ4n) is 3.18. The number of ether oxygens (including phenoxy) is 2. The number of imidazole rings is 1. The highest BCUT2D eigenvalue weighted by Crippen LogP contribution is 2.29. The Morgan fingerprint density at radius 1 is 1.44 bits per heavy atom. The molecule has 0 bridgehead atoms. The number of hydrogen-bond donors (Lipinski definition) is 2. The van der Waals surface area contributed by atoms with Gasteiger partial charge in [-0.15, -0.1) is 0 Å². The van der Waals surface area contributed by atoms with Crippen molar-refractivity contribution in [3.63, 3.8) is 0 Å². The predicted molar refractivity (Wildman–Crippen MR) is 96.6 cm³/mol. The summed E-state index contributed by atoms with van der Waals surface area (Å²) in [6, 6.07) is 4.93. The van der Waals surface area contributed by atoms with Crippen LogP contribution in [0.25, 0.3) is 11.0 Å². The first-order valence-corrected chi connectivity index (χ1v) is 8.71. The largest absolute Gasteiger partial charge is 0.486 e. The Morgan fingerprint density at radius 3 is 3.00 bits per heavy atom. The number of nitrogens with zero attached hydrogens (tertiary/aromatic N) is 2. The van der Waals surface area contributed by atoms with Gasteiger partial charge in [0.15, 0.2) is 0 Å². The van der Waals surface area contributed by atoms with Crippen molar-refractivity contribution in [1.29, 1.82) is 0 Å². The van der Waals surface area contributed by atoms with E-state index >= 15 is 0 Å². The molecule has 1 unspecified atom stereocenters. The van der Waals surface area contributed by atoms with E-state index in [0.29, 0.717) is 41.3 Å². The summed E-state index contributed by atoms with van der Waals surface area (Å²) in [5.74, 6) is 1.62. The molecule has 0 aliphatic carbocycles. The van der Waals surface area contributed by atoms with Crippen molar-refractivity contribution in [3.05, 3.63) is 47.7 Å². The molecule has 2 N–H and O–H groups in total. The number of amides is 1. The molecule has 1 aliphatic rings. The maximum absolute atomic E-state index is 12.8. The number of hydrogen-bond acceptors (Lipinski definition) is 6. The lowest BCUT2D eigenvalue weighted by atomic mass is 10.1. The smallest absolute Gasteiger partial charge is 0.255 e. The molecular formula is C19H21N3O5. The van der Waals surface area contributed by atoms with Crippen molar-refractivity contribution in [2.24, 2.45) is 7.05 Å². The molecule has 1 saturated heterocycles. The quantitative estimate of drug-likeness (QED) is 0.706. The van der Waals surface area contributed by atoms with Crippen LogP contribution in [0.15, 0.2) is 35.0 Å². The van der Waals surface area contributed by atoms with Crippen molar-refractivity contribution in [1.82, 2.24) is 14.9 Å². The average Bonchev–Trinajstić information content (AvgIpc) is 3.31. The van der Waals surface area contributed by atoms with Crippen molar-refractivity contribution in [2.45, 2.75) is 25.7 Å². The number of carbonyl (C=O) groups is 1. The van der Waals surface area contributed by atoms with Gasteiger partial charge < -0.3 is 28.9 Å². The maximum atomic E-state index is 12.8. The first kappa shape index (κ1) is 17.6. The van der Waals surface area contributed by atoms with E-state index in [2.05, 4.69) is 10.3 Å². The summed E-state index contributed by atoms with van der Waals surface area (Å²) in [5, 5.41) is 13.3. The molecule has 4 rings (SSSR count). The van der Waals surface area contributed by atoms with Crippen LogP contribution in [0.4, 0.5) is 0 Å². The molecule has 0 saturated carbocycles. The lowest BCUT2D eigenvalue weighted by Gasteiger charge is -2.14. The molecule has 1 amide bonds. The van der Waals surface area contributed by atoms with Crippen LogP contribution in [0.2, 0.25) is 0 Å². The van der Waals surface area contributed by atoms with Gasteiger partial charge in [-0.05, 0) is 25.1 Å². The number of benzene rings is 1. The van der Waals surface area contributed by atoms with E-state index in [1.165, 1.54) is 0 Å². The summed E-state index contributed by atoms with van der Waals surface area (Å²) in [7, 11) is 1.90. The van der Waals surface area contributed by atoms with Crippen LogP contribution in [0.5, 0.6) is 5.75 Å². The average molecular weight is 371 g/mol. The summed E-state index contributed by atoms with van der Waals surface area (Å²) in [6.07, 6.45) is 2.86. The van der Waals surface area contributed by atoms with E-state index in [-0.39, 0.29) is 12.5 Å². The minimum absolute atomic E-state index is 0.223. The fraction of sp³-hybridized carbons (Fsp3) is 0.368. The van der Waals surface area contributed by atoms with Crippen LogP contribution in [0, 0.1) is 6.92 Å². The molecule has 0 spiro atoms. The molecule has 27 heavy (non-hydrogen) atoms. The Hall–Kier alpha value is -2.84. The number of aliphatic hydroxyl groups is 1. The minimum atomic E-state index is -0.705. The fourth-order valence-corrected chi connectivity index (χ4v) is 3.18. The highest BCUT2D eigenvalue weighted by atomic mass is 16.5. The molecule has 2 aromatic heterocycles. The van der Waals surface area contributed by atoms with E-state index in [4.69, 9.17) is 13.9 Å². The van der Waals surface area contributed by atoms with Crippen molar-refractivity contribution in [3.8, 4) is 5.75 Å². The van der Waals surface area contributed by atoms with Gasteiger partial charge in [0.1, 0.15) is 29.5 Å². The Balaban J connectivity index is 1.57. The van der Waals surface area contributed by atoms with E-state index in [0.717, 1.165) is 5.82 Å². The number of aromatic nitrogens is 2. The molecule has 0 radical (unpaired) electrons. The molecule has 1 aliphatic heterocycles. The zero-order valence-electron chi connectivity index (χ0n) is 15.1. The number of nitrogens with one attached hydrogen (secondary N) is 1. The van der Waals surface area contributed by atoms with Crippen LogP contribution >= 0.6 is 0 Å². The molecule has 3 aromatic rings. The second-order valence-electron chi connectivity index (χ2n) is 6.62. The predicted octanol–water partition coefficient (Wildman–Crippen LogP) is 1.54. The highest BCUT2D eigenvalue weighted by molar-refractivity contribution is 6.07. The third kappa shape index (κ3) is 3.41. The molecule has 1 fully saturated rings. The molecule has 8 heteroatoms. The lowest BCUT2D eigenvalue weighted by Crippen LogP contribution is -2.42. The molecule has 3 heterocycles. The van der Waals surface area contributed by atoms with Crippen LogP contribution in [0.1, 0.15) is 21.9 Å². The Bertz CT molecular complexity index is 977. The van der Waals surface area contributed by atoms with Gasteiger partial charge in [-0.2, -0.15) is 0 Å². The van der Waals surface area contributed by atoms with Crippen molar-refractivity contribution >= 4 is 16.9 Å². The van der Waals surface area contributed by atoms with E-state index in [9.17, 15) is 9.90 Å². The van der Waals surface area contributed by atoms with Crippen LogP contribution in [-0.2, 0) is 18.4 Å². The van der Waals surface area contributed by atoms with Crippen LogP contribution in [-0.4, -0.2) is 45.9 Å². The normalized spacial score (nSPS) is 19.5. The molecular weight excluding hydrogens is 350 g/mol. The first-order valence-electron chi connectivity index (χ1n) is 8.71. The zero-order chi connectivity index (χ0) is 19.0. The van der Waals surface area contributed by atoms with E-state index in [1.54, 1.807) is 31.3 Å². The summed E-state index contributed by atoms with van der Waals surface area (Å²) >= 11 is 0. The lowest BCUT2D eigenvalue weighted by molar-refractivity contribution is 0.0886. The van der Waals surface area contributed by atoms with Crippen molar-refractivity contribution < 1.29 is 23.8 Å². The standard InChI is InChI=1S/C19H21N3O5/c1-11-18(19(24)21-14-8-25-9-15(14)23)13-7-12(3-4-16(13)27-11)26-10-17-20-5-6-22(17)2/h3-7,14-15,23H,8-10H2,1-2H3,(H,21,24)/t14?,15-/m1/s1. The third-order valence-corrected chi connectivity index (χ3v) is 4.72. The van der Waals surface area contributed by atoms with Gasteiger partial charge in [0.05, 0.1) is 30.9 Å². The number of carbonyl (C=O) groups excluding carboxylic acids is 1. The first-order chi connectivity index (χ1) is 13.0. The maximum Gasteiger partial charge on any atom is 0.255 e. The highest BCUT2D eigenvalue weighted by Gasteiger charge is 2.29.